The maximum atomic E-state index is 13.0. The molecule has 4 aromatic rings. The van der Waals surface area contributed by atoms with Crippen LogP contribution in [0.2, 0.25) is 5.02 Å². The van der Waals surface area contributed by atoms with E-state index < -0.39 is 10.0 Å². The zero-order chi connectivity index (χ0) is 24.3. The van der Waals surface area contributed by atoms with Gasteiger partial charge in [0.05, 0.1) is 33.4 Å². The maximum Gasteiger partial charge on any atom is 0.262 e. The number of para-hydroxylation sites is 1. The Balaban J connectivity index is 1.54. The summed E-state index contributed by atoms with van der Waals surface area (Å²) in [4.78, 5) is 17.4. The van der Waals surface area contributed by atoms with E-state index in [2.05, 4.69) is 15.0 Å². The molecule has 0 saturated carbocycles. The quantitative estimate of drug-likeness (QED) is 0.366. The number of hydrogen-bond donors (Lipinski definition) is 2. The number of hydrogen-bond acceptors (Lipinski definition) is 4. The third kappa shape index (κ3) is 5.13. The first kappa shape index (κ1) is 23.5. The lowest BCUT2D eigenvalue weighted by Crippen LogP contribution is -2.16. The molecule has 34 heavy (non-hydrogen) atoms. The lowest BCUT2D eigenvalue weighted by atomic mass is 10.2. The van der Waals surface area contributed by atoms with Crippen LogP contribution in [-0.4, -0.2) is 23.9 Å². The Kier molecular flexibility index (Phi) is 6.72. The maximum absolute atomic E-state index is 13.0. The molecule has 0 unspecified atom stereocenters. The summed E-state index contributed by atoms with van der Waals surface area (Å²) in [6.07, 6.45) is 1.73. The van der Waals surface area contributed by atoms with Gasteiger partial charge in [0.25, 0.3) is 15.9 Å². The number of aromatic nitrogens is 2. The molecule has 0 aliphatic heterocycles. The minimum absolute atomic E-state index is 0.00541. The monoisotopic (exact) mass is 494 g/mol. The Morgan fingerprint density at radius 1 is 1.00 bits per heavy atom. The van der Waals surface area contributed by atoms with Crippen LogP contribution in [0.3, 0.4) is 0 Å². The van der Waals surface area contributed by atoms with Crippen LogP contribution in [-0.2, 0) is 16.6 Å². The molecule has 2 N–H and O–H groups in total. The number of amides is 1. The van der Waals surface area contributed by atoms with Crippen molar-refractivity contribution in [3.63, 3.8) is 0 Å². The lowest BCUT2D eigenvalue weighted by Gasteiger charge is -2.12. The van der Waals surface area contributed by atoms with Gasteiger partial charge in [-0.05, 0) is 62.4 Å². The summed E-state index contributed by atoms with van der Waals surface area (Å²) in [6, 6.07) is 20.2. The van der Waals surface area contributed by atoms with E-state index in [-0.39, 0.29) is 21.5 Å². The number of benzene rings is 2. The van der Waals surface area contributed by atoms with Crippen molar-refractivity contribution in [2.24, 2.45) is 0 Å². The number of carbonyl (C=O) groups excluding carboxylic acids is 1. The average molecular weight is 495 g/mol. The molecule has 174 valence electrons. The summed E-state index contributed by atoms with van der Waals surface area (Å²) >= 11 is 6.08. The molecule has 2 aromatic heterocycles. The van der Waals surface area contributed by atoms with Gasteiger partial charge in [0.1, 0.15) is 0 Å². The van der Waals surface area contributed by atoms with Gasteiger partial charge in [-0.3, -0.25) is 14.5 Å². The summed E-state index contributed by atoms with van der Waals surface area (Å²) in [5.41, 5.74) is 3.76. The largest absolute Gasteiger partial charge is 0.342 e. The van der Waals surface area contributed by atoms with Gasteiger partial charge in [-0.2, -0.15) is 0 Å². The normalized spacial score (nSPS) is 11.3. The molecule has 0 saturated heterocycles. The summed E-state index contributed by atoms with van der Waals surface area (Å²) in [5, 5.41) is 3.09. The van der Waals surface area contributed by atoms with Crippen LogP contribution < -0.4 is 10.0 Å². The minimum Gasteiger partial charge on any atom is -0.342 e. The highest BCUT2D eigenvalue weighted by atomic mass is 35.5. The highest BCUT2D eigenvalue weighted by Crippen LogP contribution is 2.25. The van der Waals surface area contributed by atoms with E-state index in [4.69, 9.17) is 11.6 Å². The molecule has 1 amide bonds. The van der Waals surface area contributed by atoms with E-state index in [1.54, 1.807) is 42.6 Å². The van der Waals surface area contributed by atoms with Crippen molar-refractivity contribution in [2.45, 2.75) is 25.3 Å². The van der Waals surface area contributed by atoms with Crippen molar-refractivity contribution in [1.29, 1.82) is 0 Å². The third-order valence-electron chi connectivity index (χ3n) is 5.38. The van der Waals surface area contributed by atoms with Gasteiger partial charge in [0.2, 0.25) is 0 Å². The SMILES string of the molecule is Cc1cc(C(=O)Nc2cccc(S(=O)(=O)Nc3ccccc3Cl)c2)c(C)n1Cc1ccccn1. The molecule has 2 aromatic carbocycles. The molecule has 2 heterocycles. The van der Waals surface area contributed by atoms with Crippen molar-refractivity contribution < 1.29 is 13.2 Å². The van der Waals surface area contributed by atoms with Gasteiger partial charge in [-0.25, -0.2) is 8.42 Å². The van der Waals surface area contributed by atoms with E-state index in [1.165, 1.54) is 12.1 Å². The Morgan fingerprint density at radius 3 is 2.50 bits per heavy atom. The summed E-state index contributed by atoms with van der Waals surface area (Å²) in [6.45, 7) is 4.35. The molecule has 0 bridgehead atoms. The van der Waals surface area contributed by atoms with E-state index in [1.807, 2.05) is 42.7 Å². The van der Waals surface area contributed by atoms with Crippen molar-refractivity contribution >= 4 is 38.9 Å². The first-order valence-corrected chi connectivity index (χ1v) is 12.4. The lowest BCUT2D eigenvalue weighted by molar-refractivity contribution is 0.102. The van der Waals surface area contributed by atoms with Crippen LogP contribution in [0.1, 0.15) is 27.4 Å². The second-order valence-corrected chi connectivity index (χ2v) is 9.85. The van der Waals surface area contributed by atoms with Gasteiger partial charge in [0.15, 0.2) is 0 Å². The van der Waals surface area contributed by atoms with Gasteiger partial charge >= 0.3 is 0 Å². The van der Waals surface area contributed by atoms with Gasteiger partial charge in [-0.1, -0.05) is 35.9 Å². The van der Waals surface area contributed by atoms with Crippen molar-refractivity contribution in [3.05, 3.63) is 107 Å². The van der Waals surface area contributed by atoms with Gasteiger partial charge in [0, 0.05) is 23.3 Å². The summed E-state index contributed by atoms with van der Waals surface area (Å²) in [5.74, 6) is -0.325. The van der Waals surface area contributed by atoms with Crippen molar-refractivity contribution in [2.75, 3.05) is 10.0 Å². The van der Waals surface area contributed by atoms with Crippen LogP contribution in [0.4, 0.5) is 11.4 Å². The third-order valence-corrected chi connectivity index (χ3v) is 7.08. The molecule has 0 atom stereocenters. The van der Waals surface area contributed by atoms with Crippen molar-refractivity contribution in [1.82, 2.24) is 9.55 Å². The van der Waals surface area contributed by atoms with Gasteiger partial charge < -0.3 is 9.88 Å². The molecule has 0 radical (unpaired) electrons. The first-order valence-electron chi connectivity index (χ1n) is 10.5. The van der Waals surface area contributed by atoms with E-state index >= 15 is 0 Å². The van der Waals surface area contributed by atoms with Crippen molar-refractivity contribution in [3.8, 4) is 0 Å². The Labute approximate surface area is 203 Å². The fourth-order valence-electron chi connectivity index (χ4n) is 3.62. The predicted octanol–water partition coefficient (Wildman–Crippen LogP) is 5.25. The predicted molar refractivity (Wildman–Crippen MR) is 134 cm³/mol. The van der Waals surface area contributed by atoms with Gasteiger partial charge in [-0.15, -0.1) is 0 Å². The molecular formula is C25H23ClN4O3S. The summed E-state index contributed by atoms with van der Waals surface area (Å²) < 4.78 is 30.2. The average Bonchev–Trinajstić information content (AvgIpc) is 3.10. The molecule has 0 aliphatic carbocycles. The standard InChI is InChI=1S/C25H23ClN4O3S/c1-17-14-22(18(2)30(17)16-20-8-5-6-13-27-20)25(31)28-19-9-7-10-21(15-19)34(32,33)29-24-12-4-3-11-23(24)26/h3-15,29H,16H2,1-2H3,(H,28,31). The number of carbonyl (C=O) groups is 1. The van der Waals surface area contributed by atoms with E-state index in [0.717, 1.165) is 17.1 Å². The van der Waals surface area contributed by atoms with Crippen LogP contribution in [0, 0.1) is 13.8 Å². The highest BCUT2D eigenvalue weighted by Gasteiger charge is 2.19. The zero-order valence-electron chi connectivity index (χ0n) is 18.6. The Bertz CT molecular complexity index is 1450. The topological polar surface area (TPSA) is 93.1 Å². The smallest absolute Gasteiger partial charge is 0.262 e. The molecule has 4 rings (SSSR count). The van der Waals surface area contributed by atoms with E-state index in [9.17, 15) is 13.2 Å². The summed E-state index contributed by atoms with van der Waals surface area (Å²) in [7, 11) is -3.90. The molecular weight excluding hydrogens is 472 g/mol. The zero-order valence-corrected chi connectivity index (χ0v) is 20.2. The first-order chi connectivity index (χ1) is 16.2. The number of anilines is 2. The molecule has 7 nitrogen and oxygen atoms in total. The number of pyridine rings is 1. The van der Waals surface area contributed by atoms with E-state index in [0.29, 0.717) is 17.8 Å². The van der Waals surface area contributed by atoms with Crippen LogP contribution in [0.25, 0.3) is 0 Å². The second kappa shape index (κ2) is 9.70. The molecule has 0 aliphatic rings. The fourth-order valence-corrected chi connectivity index (χ4v) is 4.98. The number of sulfonamides is 1. The molecule has 9 heteroatoms. The fraction of sp³-hybridized carbons (Fsp3) is 0.120. The highest BCUT2D eigenvalue weighted by molar-refractivity contribution is 7.92. The van der Waals surface area contributed by atoms with Crippen LogP contribution in [0.15, 0.2) is 83.9 Å². The number of nitrogens with one attached hydrogen (secondary N) is 2. The Hall–Kier alpha value is -3.62. The molecule has 0 spiro atoms. The van der Waals surface area contributed by atoms with Crippen LogP contribution in [0.5, 0.6) is 0 Å². The molecule has 0 fully saturated rings. The number of halogens is 1. The Morgan fingerprint density at radius 2 is 1.76 bits per heavy atom. The second-order valence-electron chi connectivity index (χ2n) is 7.76. The van der Waals surface area contributed by atoms with Crippen LogP contribution >= 0.6 is 11.6 Å². The number of rotatable bonds is 7. The minimum atomic E-state index is -3.90. The number of nitrogens with zero attached hydrogens (tertiary/aromatic N) is 2. The number of aryl methyl sites for hydroxylation is 1.